The zero-order valence-electron chi connectivity index (χ0n) is 9.39. The molecule has 1 N–H and O–H groups in total. The van der Waals surface area contributed by atoms with Crippen LogP contribution in [-0.4, -0.2) is 42.1 Å². The standard InChI is InChI=1S/C12H14N2O2S/c15-11-8-14(9-12(16)13-11)6-7-17-10-4-2-1-3-5-10/h1-5H,6-9H2,(H,13,15,16). The second-order valence-electron chi connectivity index (χ2n) is 3.84. The fourth-order valence-electron chi connectivity index (χ4n) is 1.66. The lowest BCUT2D eigenvalue weighted by Gasteiger charge is -2.24. The molecule has 0 saturated carbocycles. The average molecular weight is 250 g/mol. The van der Waals surface area contributed by atoms with Crippen LogP contribution >= 0.6 is 11.8 Å². The highest BCUT2D eigenvalue weighted by molar-refractivity contribution is 7.99. The Hall–Kier alpha value is -1.33. The van der Waals surface area contributed by atoms with Crippen molar-refractivity contribution in [2.24, 2.45) is 0 Å². The molecule has 5 heteroatoms. The fraction of sp³-hybridized carbons (Fsp3) is 0.333. The summed E-state index contributed by atoms with van der Waals surface area (Å²) >= 11 is 1.73. The lowest BCUT2D eigenvalue weighted by molar-refractivity contribution is -0.135. The number of benzene rings is 1. The molecule has 1 aliphatic rings. The minimum Gasteiger partial charge on any atom is -0.294 e. The lowest BCUT2D eigenvalue weighted by Crippen LogP contribution is -2.51. The first-order chi connectivity index (χ1) is 8.24. The number of piperazine rings is 1. The van der Waals surface area contributed by atoms with Crippen LogP contribution in [0.2, 0.25) is 0 Å². The van der Waals surface area contributed by atoms with Crippen LogP contribution < -0.4 is 5.32 Å². The van der Waals surface area contributed by atoms with Gasteiger partial charge in [-0.3, -0.25) is 19.8 Å². The maximum absolute atomic E-state index is 11.1. The van der Waals surface area contributed by atoms with E-state index in [2.05, 4.69) is 17.4 Å². The molecule has 0 atom stereocenters. The Morgan fingerprint density at radius 1 is 1.12 bits per heavy atom. The third kappa shape index (κ3) is 3.87. The van der Waals surface area contributed by atoms with Crippen molar-refractivity contribution < 1.29 is 9.59 Å². The minimum absolute atomic E-state index is 0.203. The summed E-state index contributed by atoms with van der Waals surface area (Å²) in [4.78, 5) is 25.4. The number of carbonyl (C=O) groups excluding carboxylic acids is 2. The molecule has 2 amide bonds. The highest BCUT2D eigenvalue weighted by atomic mass is 32.2. The van der Waals surface area contributed by atoms with E-state index in [1.165, 1.54) is 4.90 Å². The summed E-state index contributed by atoms with van der Waals surface area (Å²) in [5.74, 6) is 0.474. The Kier molecular flexibility index (Phi) is 4.17. The number of amides is 2. The first-order valence-corrected chi connectivity index (χ1v) is 6.45. The van der Waals surface area contributed by atoms with E-state index in [1.807, 2.05) is 23.1 Å². The molecular weight excluding hydrogens is 236 g/mol. The minimum atomic E-state index is -0.203. The zero-order chi connectivity index (χ0) is 12.1. The number of nitrogens with one attached hydrogen (secondary N) is 1. The maximum Gasteiger partial charge on any atom is 0.240 e. The monoisotopic (exact) mass is 250 g/mol. The van der Waals surface area contributed by atoms with Gasteiger partial charge in [-0.15, -0.1) is 11.8 Å². The summed E-state index contributed by atoms with van der Waals surface area (Å²) in [5.41, 5.74) is 0. The molecule has 90 valence electrons. The van der Waals surface area contributed by atoms with E-state index in [4.69, 9.17) is 0 Å². The van der Waals surface area contributed by atoms with E-state index in [-0.39, 0.29) is 11.8 Å². The van der Waals surface area contributed by atoms with Crippen LogP contribution in [-0.2, 0) is 9.59 Å². The van der Waals surface area contributed by atoms with Gasteiger partial charge in [0, 0.05) is 17.2 Å². The van der Waals surface area contributed by atoms with Gasteiger partial charge < -0.3 is 0 Å². The van der Waals surface area contributed by atoms with Crippen molar-refractivity contribution in [2.45, 2.75) is 4.90 Å². The van der Waals surface area contributed by atoms with E-state index in [9.17, 15) is 9.59 Å². The van der Waals surface area contributed by atoms with Crippen molar-refractivity contribution in [2.75, 3.05) is 25.4 Å². The number of hydrogen-bond acceptors (Lipinski definition) is 4. The number of rotatable bonds is 4. The van der Waals surface area contributed by atoms with Crippen LogP contribution in [0, 0.1) is 0 Å². The van der Waals surface area contributed by atoms with Gasteiger partial charge in [0.05, 0.1) is 13.1 Å². The summed E-state index contributed by atoms with van der Waals surface area (Å²) in [6.45, 7) is 1.39. The molecule has 0 unspecified atom stereocenters. The summed E-state index contributed by atoms with van der Waals surface area (Å²) in [7, 11) is 0. The molecule has 0 aliphatic carbocycles. The van der Waals surface area contributed by atoms with Crippen molar-refractivity contribution in [1.82, 2.24) is 10.2 Å². The smallest absolute Gasteiger partial charge is 0.240 e. The number of carbonyl (C=O) groups is 2. The van der Waals surface area contributed by atoms with E-state index < -0.39 is 0 Å². The SMILES string of the molecule is O=C1CN(CCSc2ccccc2)CC(=O)N1. The highest BCUT2D eigenvalue weighted by Crippen LogP contribution is 2.16. The first-order valence-electron chi connectivity index (χ1n) is 5.47. The predicted octanol–water partition coefficient (Wildman–Crippen LogP) is 0.737. The fourth-order valence-corrected chi connectivity index (χ4v) is 2.60. The third-order valence-electron chi connectivity index (χ3n) is 2.43. The van der Waals surface area contributed by atoms with Crippen LogP contribution in [0.4, 0.5) is 0 Å². The number of imide groups is 1. The van der Waals surface area contributed by atoms with Gasteiger partial charge in [0.2, 0.25) is 11.8 Å². The molecule has 0 aromatic heterocycles. The topological polar surface area (TPSA) is 49.4 Å². The second-order valence-corrected chi connectivity index (χ2v) is 5.01. The van der Waals surface area contributed by atoms with Gasteiger partial charge >= 0.3 is 0 Å². The van der Waals surface area contributed by atoms with E-state index in [0.717, 1.165) is 12.3 Å². The van der Waals surface area contributed by atoms with Gasteiger partial charge in [0.1, 0.15) is 0 Å². The Morgan fingerprint density at radius 3 is 2.41 bits per heavy atom. The van der Waals surface area contributed by atoms with Crippen LogP contribution in [0.5, 0.6) is 0 Å². The lowest BCUT2D eigenvalue weighted by atomic mass is 10.3. The molecule has 1 fully saturated rings. The van der Waals surface area contributed by atoms with Gasteiger partial charge in [0.15, 0.2) is 0 Å². The predicted molar refractivity (Wildman–Crippen MR) is 66.8 cm³/mol. The Balaban J connectivity index is 1.75. The molecule has 4 nitrogen and oxygen atoms in total. The Bertz CT molecular complexity index is 392. The number of hydrogen-bond donors (Lipinski definition) is 1. The largest absolute Gasteiger partial charge is 0.294 e. The quantitative estimate of drug-likeness (QED) is 0.632. The average Bonchev–Trinajstić information content (AvgIpc) is 2.29. The molecule has 2 rings (SSSR count). The molecule has 1 aromatic carbocycles. The maximum atomic E-state index is 11.1. The van der Waals surface area contributed by atoms with Crippen LogP contribution in [0.25, 0.3) is 0 Å². The summed E-state index contributed by atoms with van der Waals surface area (Å²) in [6.07, 6.45) is 0. The van der Waals surface area contributed by atoms with Gasteiger partial charge in [-0.25, -0.2) is 0 Å². The molecule has 1 heterocycles. The highest BCUT2D eigenvalue weighted by Gasteiger charge is 2.21. The summed E-state index contributed by atoms with van der Waals surface area (Å²) in [5, 5.41) is 2.29. The van der Waals surface area contributed by atoms with Crippen LogP contribution in [0.1, 0.15) is 0 Å². The molecule has 0 spiro atoms. The molecular formula is C12H14N2O2S. The number of thioether (sulfide) groups is 1. The molecule has 1 saturated heterocycles. The molecule has 1 aliphatic heterocycles. The molecule has 17 heavy (non-hydrogen) atoms. The molecule has 0 bridgehead atoms. The van der Waals surface area contributed by atoms with Crippen molar-refractivity contribution in [3.63, 3.8) is 0 Å². The summed E-state index contributed by atoms with van der Waals surface area (Å²) < 4.78 is 0. The van der Waals surface area contributed by atoms with Gasteiger partial charge in [-0.1, -0.05) is 18.2 Å². The van der Waals surface area contributed by atoms with Crippen molar-refractivity contribution in [1.29, 1.82) is 0 Å². The summed E-state index contributed by atoms with van der Waals surface area (Å²) in [6, 6.07) is 10.1. The van der Waals surface area contributed by atoms with Gasteiger partial charge in [0.25, 0.3) is 0 Å². The number of nitrogens with zero attached hydrogens (tertiary/aromatic N) is 1. The van der Waals surface area contributed by atoms with Gasteiger partial charge in [-0.05, 0) is 12.1 Å². The normalized spacial score (nSPS) is 16.9. The Morgan fingerprint density at radius 2 is 1.76 bits per heavy atom. The second kappa shape index (κ2) is 5.84. The van der Waals surface area contributed by atoms with E-state index in [1.54, 1.807) is 11.8 Å². The zero-order valence-corrected chi connectivity index (χ0v) is 10.2. The van der Waals surface area contributed by atoms with E-state index in [0.29, 0.717) is 13.1 Å². The van der Waals surface area contributed by atoms with Crippen LogP contribution in [0.3, 0.4) is 0 Å². The van der Waals surface area contributed by atoms with Gasteiger partial charge in [-0.2, -0.15) is 0 Å². The molecule has 1 aromatic rings. The Labute approximate surface area is 104 Å². The van der Waals surface area contributed by atoms with Crippen LogP contribution in [0.15, 0.2) is 35.2 Å². The van der Waals surface area contributed by atoms with E-state index >= 15 is 0 Å². The first kappa shape index (κ1) is 12.1. The van der Waals surface area contributed by atoms with Crippen molar-refractivity contribution in [3.8, 4) is 0 Å². The van der Waals surface area contributed by atoms with Crippen molar-refractivity contribution >= 4 is 23.6 Å². The third-order valence-corrected chi connectivity index (χ3v) is 3.42. The molecule has 0 radical (unpaired) electrons. The van der Waals surface area contributed by atoms with Crippen molar-refractivity contribution in [3.05, 3.63) is 30.3 Å².